The van der Waals surface area contributed by atoms with Crippen molar-refractivity contribution in [1.82, 2.24) is 0 Å². The second-order valence-electron chi connectivity index (χ2n) is 4.91. The van der Waals surface area contributed by atoms with Gasteiger partial charge in [0.1, 0.15) is 13.2 Å². The van der Waals surface area contributed by atoms with Crippen molar-refractivity contribution in [2.75, 3.05) is 13.2 Å². The SMILES string of the molecule is NC(Cc1c(Cl)cccc1Cl)c1ccc2c(c1)OCCO2. The minimum absolute atomic E-state index is 0.210. The first kappa shape index (κ1) is 14.5. The van der Waals surface area contributed by atoms with Crippen LogP contribution in [0.1, 0.15) is 17.2 Å². The van der Waals surface area contributed by atoms with E-state index in [1.807, 2.05) is 36.4 Å². The Morgan fingerprint density at radius 2 is 1.67 bits per heavy atom. The van der Waals surface area contributed by atoms with Gasteiger partial charge in [-0.15, -0.1) is 0 Å². The van der Waals surface area contributed by atoms with Crippen LogP contribution >= 0.6 is 23.2 Å². The number of fused-ring (bicyclic) bond motifs is 1. The van der Waals surface area contributed by atoms with Gasteiger partial charge in [-0.2, -0.15) is 0 Å². The summed E-state index contributed by atoms with van der Waals surface area (Å²) < 4.78 is 11.1. The topological polar surface area (TPSA) is 44.5 Å². The van der Waals surface area contributed by atoms with Crippen molar-refractivity contribution in [2.24, 2.45) is 5.73 Å². The predicted octanol–water partition coefficient (Wildman–Crippen LogP) is 4.01. The predicted molar refractivity (Wildman–Crippen MR) is 84.5 cm³/mol. The second-order valence-corrected chi connectivity index (χ2v) is 5.73. The number of benzene rings is 2. The van der Waals surface area contributed by atoms with Crippen LogP contribution in [0, 0.1) is 0 Å². The zero-order chi connectivity index (χ0) is 14.8. The Hall–Kier alpha value is -1.42. The average Bonchev–Trinajstić information content (AvgIpc) is 2.50. The lowest BCUT2D eigenvalue weighted by molar-refractivity contribution is 0.171. The molecule has 1 atom stereocenters. The fourth-order valence-electron chi connectivity index (χ4n) is 2.36. The lowest BCUT2D eigenvalue weighted by Crippen LogP contribution is -2.17. The second kappa shape index (κ2) is 6.14. The Morgan fingerprint density at radius 1 is 1.00 bits per heavy atom. The molecule has 1 unspecified atom stereocenters. The lowest BCUT2D eigenvalue weighted by atomic mass is 9.99. The smallest absolute Gasteiger partial charge is 0.161 e. The quantitative estimate of drug-likeness (QED) is 0.928. The van der Waals surface area contributed by atoms with Gasteiger partial charge in [0, 0.05) is 16.1 Å². The number of hydrogen-bond donors (Lipinski definition) is 1. The fraction of sp³-hybridized carbons (Fsp3) is 0.250. The molecule has 1 aliphatic heterocycles. The molecule has 0 radical (unpaired) electrons. The van der Waals surface area contributed by atoms with Crippen LogP contribution in [0.5, 0.6) is 11.5 Å². The molecule has 1 aliphatic rings. The molecule has 1 heterocycles. The van der Waals surface area contributed by atoms with Gasteiger partial charge in [-0.05, 0) is 41.8 Å². The van der Waals surface area contributed by atoms with Gasteiger partial charge in [0.05, 0.1) is 0 Å². The summed E-state index contributed by atoms with van der Waals surface area (Å²) in [5.74, 6) is 1.49. The van der Waals surface area contributed by atoms with Crippen LogP contribution in [-0.4, -0.2) is 13.2 Å². The Balaban J connectivity index is 1.84. The molecule has 0 aromatic heterocycles. The summed E-state index contributed by atoms with van der Waals surface area (Å²) >= 11 is 12.4. The van der Waals surface area contributed by atoms with Gasteiger partial charge >= 0.3 is 0 Å². The van der Waals surface area contributed by atoms with E-state index in [4.69, 9.17) is 38.4 Å². The van der Waals surface area contributed by atoms with Crippen molar-refractivity contribution in [3.63, 3.8) is 0 Å². The first-order valence-electron chi connectivity index (χ1n) is 6.73. The van der Waals surface area contributed by atoms with E-state index in [0.29, 0.717) is 29.7 Å². The van der Waals surface area contributed by atoms with Crippen molar-refractivity contribution >= 4 is 23.2 Å². The highest BCUT2D eigenvalue weighted by Crippen LogP contribution is 2.34. The highest BCUT2D eigenvalue weighted by Gasteiger charge is 2.17. The largest absolute Gasteiger partial charge is 0.486 e. The summed E-state index contributed by atoms with van der Waals surface area (Å²) in [7, 11) is 0. The summed E-state index contributed by atoms with van der Waals surface area (Å²) in [5, 5.41) is 1.27. The molecule has 21 heavy (non-hydrogen) atoms. The van der Waals surface area contributed by atoms with Gasteiger partial charge < -0.3 is 15.2 Å². The van der Waals surface area contributed by atoms with Gasteiger partial charge in [0.15, 0.2) is 11.5 Å². The number of rotatable bonds is 3. The van der Waals surface area contributed by atoms with Gasteiger partial charge in [0.2, 0.25) is 0 Å². The minimum atomic E-state index is -0.210. The zero-order valence-corrected chi connectivity index (χ0v) is 12.8. The molecule has 0 saturated carbocycles. The number of nitrogens with two attached hydrogens (primary N) is 1. The molecule has 2 aromatic rings. The van der Waals surface area contributed by atoms with Crippen LogP contribution in [0.25, 0.3) is 0 Å². The molecule has 5 heteroatoms. The van der Waals surface area contributed by atoms with Crippen molar-refractivity contribution in [1.29, 1.82) is 0 Å². The van der Waals surface area contributed by atoms with Crippen molar-refractivity contribution in [3.05, 3.63) is 57.6 Å². The standard InChI is InChI=1S/C16H15Cl2NO2/c17-12-2-1-3-13(18)11(12)9-14(19)10-4-5-15-16(8-10)21-7-6-20-15/h1-5,8,14H,6-7,9,19H2. The fourth-order valence-corrected chi connectivity index (χ4v) is 2.91. The maximum absolute atomic E-state index is 6.28. The third-order valence-corrected chi connectivity index (χ3v) is 4.19. The first-order chi connectivity index (χ1) is 10.1. The van der Waals surface area contributed by atoms with E-state index in [0.717, 1.165) is 22.6 Å². The van der Waals surface area contributed by atoms with Crippen LogP contribution in [0.4, 0.5) is 0 Å². The van der Waals surface area contributed by atoms with E-state index in [1.54, 1.807) is 0 Å². The summed E-state index contributed by atoms with van der Waals surface area (Å²) in [5.41, 5.74) is 8.12. The molecule has 2 aromatic carbocycles. The Labute approximate surface area is 133 Å². The summed E-state index contributed by atoms with van der Waals surface area (Å²) in [6.45, 7) is 1.13. The normalized spacial score (nSPS) is 14.8. The Morgan fingerprint density at radius 3 is 2.38 bits per heavy atom. The first-order valence-corrected chi connectivity index (χ1v) is 7.49. The monoisotopic (exact) mass is 323 g/mol. The summed E-state index contributed by atoms with van der Waals surface area (Å²) in [6, 6.07) is 11.0. The molecule has 3 rings (SSSR count). The minimum Gasteiger partial charge on any atom is -0.486 e. The van der Waals surface area contributed by atoms with Crippen LogP contribution in [0.15, 0.2) is 36.4 Å². The molecule has 110 valence electrons. The van der Waals surface area contributed by atoms with Crippen LogP contribution in [0.3, 0.4) is 0 Å². The van der Waals surface area contributed by atoms with Crippen LogP contribution in [-0.2, 0) is 6.42 Å². The van der Waals surface area contributed by atoms with E-state index in [1.165, 1.54) is 0 Å². The third-order valence-electron chi connectivity index (χ3n) is 3.48. The molecular formula is C16H15Cl2NO2. The van der Waals surface area contributed by atoms with Gasteiger partial charge in [-0.1, -0.05) is 35.3 Å². The molecule has 0 aliphatic carbocycles. The van der Waals surface area contributed by atoms with Crippen LogP contribution < -0.4 is 15.2 Å². The van der Waals surface area contributed by atoms with Crippen molar-refractivity contribution in [2.45, 2.75) is 12.5 Å². The highest BCUT2D eigenvalue weighted by molar-refractivity contribution is 6.36. The maximum Gasteiger partial charge on any atom is 0.161 e. The van der Waals surface area contributed by atoms with Gasteiger partial charge in [-0.3, -0.25) is 0 Å². The van der Waals surface area contributed by atoms with E-state index >= 15 is 0 Å². The molecule has 0 saturated heterocycles. The summed E-state index contributed by atoms with van der Waals surface area (Å²) in [6.07, 6.45) is 0.568. The number of hydrogen-bond acceptors (Lipinski definition) is 3. The van der Waals surface area contributed by atoms with Gasteiger partial charge in [0.25, 0.3) is 0 Å². The van der Waals surface area contributed by atoms with Crippen LogP contribution in [0.2, 0.25) is 10.0 Å². The third kappa shape index (κ3) is 3.10. The van der Waals surface area contributed by atoms with E-state index in [9.17, 15) is 0 Å². The number of halogens is 2. The average molecular weight is 324 g/mol. The maximum atomic E-state index is 6.28. The Bertz CT molecular complexity index is 640. The molecule has 0 amide bonds. The van der Waals surface area contributed by atoms with Crippen molar-refractivity contribution < 1.29 is 9.47 Å². The summed E-state index contributed by atoms with van der Waals surface area (Å²) in [4.78, 5) is 0. The lowest BCUT2D eigenvalue weighted by Gasteiger charge is -2.21. The molecule has 0 fully saturated rings. The number of ether oxygens (including phenoxy) is 2. The van der Waals surface area contributed by atoms with E-state index in [2.05, 4.69) is 0 Å². The highest BCUT2D eigenvalue weighted by atomic mass is 35.5. The van der Waals surface area contributed by atoms with Crippen molar-refractivity contribution in [3.8, 4) is 11.5 Å². The van der Waals surface area contributed by atoms with Gasteiger partial charge in [-0.25, -0.2) is 0 Å². The van der Waals surface area contributed by atoms with E-state index in [-0.39, 0.29) is 6.04 Å². The van der Waals surface area contributed by atoms with E-state index < -0.39 is 0 Å². The zero-order valence-electron chi connectivity index (χ0n) is 11.3. The molecule has 0 spiro atoms. The molecule has 0 bridgehead atoms. The molecule has 2 N–H and O–H groups in total. The molecular weight excluding hydrogens is 309 g/mol. The Kier molecular flexibility index (Phi) is 4.24. The molecule has 3 nitrogen and oxygen atoms in total.